The average molecular weight is 262 g/mol. The minimum absolute atomic E-state index is 0.137. The minimum atomic E-state index is -0.494. The molecular weight excluding hydrogens is 240 g/mol. The molecule has 0 N–H and O–H groups in total. The van der Waals surface area contributed by atoms with Gasteiger partial charge in [-0.05, 0) is 52.2 Å². The van der Waals surface area contributed by atoms with E-state index in [1.165, 1.54) is 0 Å². The molecule has 1 aromatic rings. The first-order valence-corrected chi connectivity index (χ1v) is 6.67. The second kappa shape index (κ2) is 4.55. The van der Waals surface area contributed by atoms with Crippen molar-refractivity contribution in [2.75, 3.05) is 7.11 Å². The Morgan fingerprint density at radius 1 is 1.26 bits per heavy atom. The van der Waals surface area contributed by atoms with Crippen LogP contribution in [0.2, 0.25) is 0 Å². The van der Waals surface area contributed by atoms with Crippen molar-refractivity contribution in [2.24, 2.45) is 0 Å². The number of methoxy groups -OCH3 is 1. The number of benzene rings is 1. The third-order valence-corrected chi connectivity index (χ3v) is 3.41. The summed E-state index contributed by atoms with van der Waals surface area (Å²) in [5, 5.41) is 0. The zero-order valence-electron chi connectivity index (χ0n) is 12.4. The molecule has 1 saturated carbocycles. The van der Waals surface area contributed by atoms with Crippen molar-refractivity contribution in [3.05, 3.63) is 29.3 Å². The number of rotatable bonds is 3. The standard InChI is InChI=1S/C16H22O3/c1-11-6-7-12(13(10-11)18-5)16(8-9-16)14(17)19-15(2,3)4/h6-7,10H,8-9H2,1-5H3. The molecule has 1 aliphatic carbocycles. The SMILES string of the molecule is COc1cc(C)ccc1C1(C(=O)OC(C)(C)C)CC1. The fourth-order valence-electron chi connectivity index (χ4n) is 2.28. The van der Waals surface area contributed by atoms with Crippen LogP contribution in [0.3, 0.4) is 0 Å². The molecule has 0 saturated heterocycles. The Balaban J connectivity index is 2.33. The highest BCUT2D eigenvalue weighted by molar-refractivity contribution is 5.88. The van der Waals surface area contributed by atoms with Gasteiger partial charge in [0.15, 0.2) is 0 Å². The maximum atomic E-state index is 12.4. The van der Waals surface area contributed by atoms with E-state index in [9.17, 15) is 4.79 Å². The molecule has 1 aromatic carbocycles. The molecule has 0 aromatic heterocycles. The van der Waals surface area contributed by atoms with Gasteiger partial charge in [-0.3, -0.25) is 4.79 Å². The summed E-state index contributed by atoms with van der Waals surface area (Å²) in [5.74, 6) is 0.644. The smallest absolute Gasteiger partial charge is 0.317 e. The molecule has 3 heteroatoms. The third kappa shape index (κ3) is 2.75. The first kappa shape index (κ1) is 13.9. The van der Waals surface area contributed by atoms with Crippen molar-refractivity contribution >= 4 is 5.97 Å². The van der Waals surface area contributed by atoms with Gasteiger partial charge in [0.2, 0.25) is 0 Å². The van der Waals surface area contributed by atoms with Crippen LogP contribution >= 0.6 is 0 Å². The lowest BCUT2D eigenvalue weighted by atomic mass is 9.93. The van der Waals surface area contributed by atoms with Crippen molar-refractivity contribution in [3.63, 3.8) is 0 Å². The summed E-state index contributed by atoms with van der Waals surface area (Å²) >= 11 is 0. The number of aryl methyl sites for hydroxylation is 1. The quantitative estimate of drug-likeness (QED) is 0.783. The van der Waals surface area contributed by atoms with Crippen molar-refractivity contribution in [2.45, 2.75) is 51.6 Å². The van der Waals surface area contributed by atoms with Gasteiger partial charge < -0.3 is 9.47 Å². The van der Waals surface area contributed by atoms with Gasteiger partial charge in [0, 0.05) is 5.56 Å². The summed E-state index contributed by atoms with van der Waals surface area (Å²) in [5.41, 5.74) is 1.13. The first-order chi connectivity index (χ1) is 8.78. The van der Waals surface area contributed by atoms with Gasteiger partial charge in [-0.1, -0.05) is 12.1 Å². The molecule has 0 radical (unpaired) electrons. The van der Waals surface area contributed by atoms with Crippen molar-refractivity contribution < 1.29 is 14.3 Å². The largest absolute Gasteiger partial charge is 0.496 e. The van der Waals surface area contributed by atoms with Gasteiger partial charge in [0.1, 0.15) is 11.4 Å². The van der Waals surface area contributed by atoms with Crippen LogP contribution in [0.5, 0.6) is 5.75 Å². The monoisotopic (exact) mass is 262 g/mol. The average Bonchev–Trinajstić information content (AvgIpc) is 3.07. The van der Waals surface area contributed by atoms with Gasteiger partial charge >= 0.3 is 5.97 Å². The van der Waals surface area contributed by atoms with Crippen LogP contribution in [0.15, 0.2) is 18.2 Å². The second-order valence-electron chi connectivity index (χ2n) is 6.29. The maximum Gasteiger partial charge on any atom is 0.317 e. The van der Waals surface area contributed by atoms with Crippen LogP contribution in [0.25, 0.3) is 0 Å². The number of carbonyl (C=O) groups is 1. The van der Waals surface area contributed by atoms with E-state index in [-0.39, 0.29) is 5.97 Å². The molecule has 3 nitrogen and oxygen atoms in total. The van der Waals surface area contributed by atoms with Crippen LogP contribution in [-0.4, -0.2) is 18.7 Å². The fraction of sp³-hybridized carbons (Fsp3) is 0.562. The Morgan fingerprint density at radius 3 is 2.37 bits per heavy atom. The summed E-state index contributed by atoms with van der Waals surface area (Å²) in [6.07, 6.45) is 1.67. The summed E-state index contributed by atoms with van der Waals surface area (Å²) in [6.45, 7) is 7.70. The molecule has 0 heterocycles. The molecule has 19 heavy (non-hydrogen) atoms. The van der Waals surface area contributed by atoms with E-state index in [1.807, 2.05) is 45.9 Å². The molecule has 1 fully saturated rings. The highest BCUT2D eigenvalue weighted by Gasteiger charge is 2.55. The normalized spacial score (nSPS) is 16.9. The molecular formula is C16H22O3. The Labute approximate surface area is 114 Å². The van der Waals surface area contributed by atoms with E-state index in [0.29, 0.717) is 0 Å². The summed E-state index contributed by atoms with van der Waals surface area (Å²) in [4.78, 5) is 12.4. The number of ether oxygens (including phenoxy) is 2. The van der Waals surface area contributed by atoms with E-state index >= 15 is 0 Å². The van der Waals surface area contributed by atoms with E-state index < -0.39 is 11.0 Å². The zero-order valence-corrected chi connectivity index (χ0v) is 12.4. The Morgan fingerprint density at radius 2 is 1.89 bits per heavy atom. The van der Waals surface area contributed by atoms with E-state index in [4.69, 9.17) is 9.47 Å². The Hall–Kier alpha value is -1.51. The van der Waals surface area contributed by atoms with E-state index in [2.05, 4.69) is 0 Å². The van der Waals surface area contributed by atoms with Crippen LogP contribution in [-0.2, 0) is 14.9 Å². The molecule has 0 aliphatic heterocycles. The molecule has 0 bridgehead atoms. The molecule has 104 valence electrons. The van der Waals surface area contributed by atoms with Crippen molar-refractivity contribution in [3.8, 4) is 5.75 Å². The predicted molar refractivity (Wildman–Crippen MR) is 74.5 cm³/mol. The van der Waals surface area contributed by atoms with Gasteiger partial charge in [-0.15, -0.1) is 0 Å². The molecule has 0 spiro atoms. The van der Waals surface area contributed by atoms with E-state index in [0.717, 1.165) is 29.7 Å². The minimum Gasteiger partial charge on any atom is -0.496 e. The summed E-state index contributed by atoms with van der Waals surface area (Å²) in [6, 6.07) is 5.98. The first-order valence-electron chi connectivity index (χ1n) is 6.67. The molecule has 2 rings (SSSR count). The molecule has 0 amide bonds. The highest BCUT2D eigenvalue weighted by Crippen LogP contribution is 2.52. The van der Waals surface area contributed by atoms with Crippen LogP contribution < -0.4 is 4.74 Å². The zero-order chi connectivity index (χ0) is 14.3. The number of esters is 1. The number of hydrogen-bond acceptors (Lipinski definition) is 3. The van der Waals surface area contributed by atoms with Gasteiger partial charge in [-0.2, -0.15) is 0 Å². The summed E-state index contributed by atoms with van der Waals surface area (Å²) < 4.78 is 11.0. The Bertz CT molecular complexity index is 493. The van der Waals surface area contributed by atoms with Crippen LogP contribution in [0.1, 0.15) is 44.7 Å². The van der Waals surface area contributed by atoms with Crippen molar-refractivity contribution in [1.82, 2.24) is 0 Å². The summed E-state index contributed by atoms with van der Waals surface area (Å²) in [7, 11) is 1.64. The highest BCUT2D eigenvalue weighted by atomic mass is 16.6. The van der Waals surface area contributed by atoms with Gasteiger partial charge in [0.05, 0.1) is 12.5 Å². The van der Waals surface area contributed by atoms with Crippen LogP contribution in [0.4, 0.5) is 0 Å². The second-order valence-corrected chi connectivity index (χ2v) is 6.29. The van der Waals surface area contributed by atoms with Gasteiger partial charge in [0.25, 0.3) is 0 Å². The lowest BCUT2D eigenvalue weighted by molar-refractivity contribution is -0.158. The Kier molecular flexibility index (Phi) is 3.33. The molecule has 0 atom stereocenters. The van der Waals surface area contributed by atoms with Crippen molar-refractivity contribution in [1.29, 1.82) is 0 Å². The maximum absolute atomic E-state index is 12.4. The predicted octanol–water partition coefficient (Wildman–Crippen LogP) is 3.38. The molecule has 0 unspecified atom stereocenters. The topological polar surface area (TPSA) is 35.5 Å². The fourth-order valence-corrected chi connectivity index (χ4v) is 2.28. The third-order valence-electron chi connectivity index (χ3n) is 3.41. The van der Waals surface area contributed by atoms with Gasteiger partial charge in [-0.25, -0.2) is 0 Å². The number of hydrogen-bond donors (Lipinski definition) is 0. The lowest BCUT2D eigenvalue weighted by Crippen LogP contribution is -2.32. The number of carbonyl (C=O) groups excluding carboxylic acids is 1. The van der Waals surface area contributed by atoms with Crippen LogP contribution in [0, 0.1) is 6.92 Å². The molecule has 1 aliphatic rings. The van der Waals surface area contributed by atoms with E-state index in [1.54, 1.807) is 7.11 Å². The lowest BCUT2D eigenvalue weighted by Gasteiger charge is -2.25.